The first-order valence-electron chi connectivity index (χ1n) is 12.5. The van der Waals surface area contributed by atoms with E-state index < -0.39 is 6.61 Å². The lowest BCUT2D eigenvalue weighted by Crippen LogP contribution is -2.30. The number of nitrogens with zero attached hydrogens (tertiary/aromatic N) is 2. The van der Waals surface area contributed by atoms with Gasteiger partial charge in [-0.1, -0.05) is 36.4 Å². The summed E-state index contributed by atoms with van der Waals surface area (Å²) in [6.45, 7) is -2.35. The van der Waals surface area contributed by atoms with Crippen molar-refractivity contribution in [2.75, 3.05) is 18.7 Å². The number of hydrazone groups is 1. The molecule has 0 aliphatic carbocycles. The number of carbonyl (C=O) groups excluding carboxylic acids is 1. The number of nitrogens with one attached hydrogen (secondary N) is 1. The van der Waals surface area contributed by atoms with Crippen LogP contribution in [0.3, 0.4) is 0 Å². The minimum atomic E-state index is -2.89. The lowest BCUT2D eigenvalue weighted by molar-refractivity contribution is -0.0498. The summed E-state index contributed by atoms with van der Waals surface area (Å²) < 4.78 is 45.8. The van der Waals surface area contributed by atoms with Crippen LogP contribution in [0, 0.1) is 0 Å². The summed E-state index contributed by atoms with van der Waals surface area (Å²) in [5.41, 5.74) is 3.23. The number of rotatable bonds is 7. The van der Waals surface area contributed by atoms with E-state index in [-0.39, 0.29) is 24.5 Å². The summed E-state index contributed by atoms with van der Waals surface area (Å²) in [6, 6.07) is 27.8. The van der Waals surface area contributed by atoms with E-state index in [1.807, 2.05) is 48.5 Å². The van der Waals surface area contributed by atoms with Crippen molar-refractivity contribution in [1.82, 2.24) is 5.01 Å². The number of ether oxygens (including phenoxy) is 4. The molecule has 8 nitrogen and oxygen atoms in total. The second-order valence-corrected chi connectivity index (χ2v) is 9.01. The van der Waals surface area contributed by atoms with Gasteiger partial charge in [-0.15, -0.1) is 0 Å². The normalized spacial score (nSPS) is 15.6. The molecule has 0 spiro atoms. The van der Waals surface area contributed by atoms with Crippen LogP contribution in [0.1, 0.15) is 17.0 Å². The zero-order chi connectivity index (χ0) is 27.5. The number of carbonyl (C=O) groups is 1. The molecule has 202 valence electrons. The Balaban J connectivity index is 1.14. The third kappa shape index (κ3) is 5.51. The predicted molar refractivity (Wildman–Crippen MR) is 144 cm³/mol. The molecule has 40 heavy (non-hydrogen) atoms. The predicted octanol–water partition coefficient (Wildman–Crippen LogP) is 6.84. The highest BCUT2D eigenvalue weighted by molar-refractivity contribution is 6.07. The largest absolute Gasteiger partial charge is 0.457 e. The zero-order valence-electron chi connectivity index (χ0n) is 21.0. The van der Waals surface area contributed by atoms with Gasteiger partial charge in [0.15, 0.2) is 11.5 Å². The van der Waals surface area contributed by atoms with Gasteiger partial charge in [0.1, 0.15) is 17.2 Å². The number of hydrogen-bond acceptors (Lipinski definition) is 6. The Labute approximate surface area is 228 Å². The van der Waals surface area contributed by atoms with Crippen molar-refractivity contribution in [3.05, 3.63) is 108 Å². The summed E-state index contributed by atoms with van der Waals surface area (Å²) in [4.78, 5) is 13.2. The van der Waals surface area contributed by atoms with E-state index in [1.54, 1.807) is 24.3 Å². The number of halogens is 2. The average Bonchev–Trinajstić information content (AvgIpc) is 3.63. The van der Waals surface area contributed by atoms with Crippen molar-refractivity contribution in [2.45, 2.75) is 12.5 Å². The molecule has 2 aliphatic rings. The molecule has 1 unspecified atom stereocenters. The molecular weight excluding hydrogens is 520 g/mol. The molecule has 0 fully saturated rings. The molecule has 2 amide bonds. The second kappa shape index (κ2) is 10.9. The number of anilines is 1. The van der Waals surface area contributed by atoms with Gasteiger partial charge in [0.25, 0.3) is 0 Å². The van der Waals surface area contributed by atoms with Crippen LogP contribution in [0.25, 0.3) is 0 Å². The molecule has 0 bridgehead atoms. The van der Waals surface area contributed by atoms with Crippen LogP contribution in [0.2, 0.25) is 0 Å². The van der Waals surface area contributed by atoms with Crippen LogP contribution in [-0.2, 0) is 0 Å². The second-order valence-electron chi connectivity index (χ2n) is 9.01. The fraction of sp³-hybridized carbons (Fsp3) is 0.133. The topological polar surface area (TPSA) is 81.6 Å². The van der Waals surface area contributed by atoms with E-state index >= 15 is 0 Å². The van der Waals surface area contributed by atoms with Gasteiger partial charge in [-0.3, -0.25) is 0 Å². The number of hydrogen-bond donors (Lipinski definition) is 1. The number of benzene rings is 4. The number of amides is 2. The van der Waals surface area contributed by atoms with Crippen molar-refractivity contribution >= 4 is 17.4 Å². The Bertz CT molecular complexity index is 1530. The lowest BCUT2D eigenvalue weighted by Gasteiger charge is -2.16. The Morgan fingerprint density at radius 2 is 1.55 bits per heavy atom. The molecule has 0 aromatic heterocycles. The lowest BCUT2D eigenvalue weighted by atomic mass is 9.90. The third-order valence-corrected chi connectivity index (χ3v) is 6.41. The summed E-state index contributed by atoms with van der Waals surface area (Å²) in [7, 11) is 0. The fourth-order valence-electron chi connectivity index (χ4n) is 4.51. The van der Waals surface area contributed by atoms with Gasteiger partial charge in [0, 0.05) is 11.6 Å². The van der Waals surface area contributed by atoms with Gasteiger partial charge in [0.05, 0.1) is 12.3 Å². The average molecular weight is 544 g/mol. The van der Waals surface area contributed by atoms with Crippen LogP contribution in [-0.4, -0.2) is 36.7 Å². The molecule has 0 radical (unpaired) electrons. The van der Waals surface area contributed by atoms with Gasteiger partial charge in [-0.05, 0) is 71.8 Å². The van der Waals surface area contributed by atoms with Gasteiger partial charge in [-0.2, -0.15) is 13.9 Å². The first-order chi connectivity index (χ1) is 19.5. The van der Waals surface area contributed by atoms with E-state index in [4.69, 9.17) is 14.2 Å². The summed E-state index contributed by atoms with van der Waals surface area (Å²) in [5, 5.41) is 8.99. The molecule has 10 heteroatoms. The smallest absolute Gasteiger partial charge is 0.387 e. The van der Waals surface area contributed by atoms with Crippen molar-refractivity contribution < 1.29 is 32.5 Å². The Hall–Kier alpha value is -5.12. The van der Waals surface area contributed by atoms with Crippen molar-refractivity contribution in [2.24, 2.45) is 5.10 Å². The minimum Gasteiger partial charge on any atom is -0.457 e. The van der Waals surface area contributed by atoms with Gasteiger partial charge >= 0.3 is 12.6 Å². The Morgan fingerprint density at radius 3 is 2.27 bits per heavy atom. The molecule has 4 aromatic carbocycles. The molecule has 0 saturated carbocycles. The van der Waals surface area contributed by atoms with Gasteiger partial charge in [0.2, 0.25) is 6.79 Å². The molecule has 2 heterocycles. The maximum atomic E-state index is 13.2. The van der Waals surface area contributed by atoms with E-state index in [9.17, 15) is 13.6 Å². The van der Waals surface area contributed by atoms with Crippen molar-refractivity contribution in [3.8, 4) is 28.7 Å². The highest BCUT2D eigenvalue weighted by Gasteiger charge is 2.33. The molecule has 2 aliphatic heterocycles. The SMILES string of the molecule is O=C(Nc1ccc(Oc2ccc(OC(F)F)cc2)cc1)N1CC(c2ccc3c(c2)OCO3)C(c2ccccc2)=N1. The molecule has 0 saturated heterocycles. The van der Waals surface area contributed by atoms with Crippen LogP contribution in [0.4, 0.5) is 19.3 Å². The third-order valence-electron chi connectivity index (χ3n) is 6.41. The summed E-state index contributed by atoms with van der Waals surface area (Å²) in [5.74, 6) is 2.21. The maximum Gasteiger partial charge on any atom is 0.387 e. The fourth-order valence-corrected chi connectivity index (χ4v) is 4.51. The Kier molecular flexibility index (Phi) is 6.88. The van der Waals surface area contributed by atoms with E-state index in [2.05, 4.69) is 15.2 Å². The minimum absolute atomic E-state index is 0.0427. The number of fused-ring (bicyclic) bond motifs is 1. The maximum absolute atomic E-state index is 13.2. The molecular formula is C30H23F2N3O5. The van der Waals surface area contributed by atoms with Gasteiger partial charge < -0.3 is 24.3 Å². The van der Waals surface area contributed by atoms with Crippen molar-refractivity contribution in [1.29, 1.82) is 0 Å². The molecule has 6 rings (SSSR count). The van der Waals surface area contributed by atoms with Crippen LogP contribution >= 0.6 is 0 Å². The highest BCUT2D eigenvalue weighted by atomic mass is 19.3. The monoisotopic (exact) mass is 543 g/mol. The zero-order valence-corrected chi connectivity index (χ0v) is 21.0. The van der Waals surface area contributed by atoms with Crippen molar-refractivity contribution in [3.63, 3.8) is 0 Å². The first-order valence-corrected chi connectivity index (χ1v) is 12.5. The van der Waals surface area contributed by atoms with E-state index in [1.165, 1.54) is 29.3 Å². The molecule has 1 N–H and O–H groups in total. The standard InChI is InChI=1S/C30H23F2N3O5/c31-29(32)40-24-13-11-23(12-14-24)39-22-9-7-21(8-10-22)33-30(36)35-17-25(28(34-35)19-4-2-1-3-5-19)20-6-15-26-27(16-20)38-18-37-26/h1-16,25,29H,17-18H2,(H,33,36). The first kappa shape index (κ1) is 25.2. The van der Waals surface area contributed by atoms with E-state index in [0.717, 1.165) is 16.8 Å². The summed E-state index contributed by atoms with van der Waals surface area (Å²) in [6.07, 6.45) is 0. The number of urea groups is 1. The van der Waals surface area contributed by atoms with Crippen LogP contribution in [0.15, 0.2) is 102 Å². The van der Waals surface area contributed by atoms with E-state index in [0.29, 0.717) is 35.2 Å². The van der Waals surface area contributed by atoms with Crippen LogP contribution < -0.4 is 24.3 Å². The number of alkyl halides is 2. The molecule has 1 atom stereocenters. The van der Waals surface area contributed by atoms with Crippen LogP contribution in [0.5, 0.6) is 28.7 Å². The quantitative estimate of drug-likeness (QED) is 0.276. The van der Waals surface area contributed by atoms with Gasteiger partial charge in [-0.25, -0.2) is 9.80 Å². The Morgan fingerprint density at radius 1 is 0.875 bits per heavy atom. The molecule has 4 aromatic rings. The summed E-state index contributed by atoms with van der Waals surface area (Å²) >= 11 is 0. The highest BCUT2D eigenvalue weighted by Crippen LogP contribution is 2.37.